The molecular formula is C16H19ClFN3OS. The van der Waals surface area contributed by atoms with Gasteiger partial charge in [0.2, 0.25) is 0 Å². The molecule has 0 bridgehead atoms. The van der Waals surface area contributed by atoms with Gasteiger partial charge in [-0.05, 0) is 31.2 Å². The Labute approximate surface area is 145 Å². The summed E-state index contributed by atoms with van der Waals surface area (Å²) >= 11 is 1.68. The third-order valence-corrected chi connectivity index (χ3v) is 4.73. The Morgan fingerprint density at radius 1 is 1.22 bits per heavy atom. The number of thiazole rings is 1. The first-order valence-corrected chi connectivity index (χ1v) is 8.18. The maximum absolute atomic E-state index is 12.9. The van der Waals surface area contributed by atoms with Crippen LogP contribution in [0.5, 0.6) is 0 Å². The Morgan fingerprint density at radius 3 is 2.43 bits per heavy atom. The molecule has 0 aliphatic carbocycles. The Hall–Kier alpha value is -1.50. The van der Waals surface area contributed by atoms with Gasteiger partial charge in [0.25, 0.3) is 5.91 Å². The summed E-state index contributed by atoms with van der Waals surface area (Å²) in [5, 5.41) is 3.18. The molecule has 1 amide bonds. The molecule has 1 aromatic heterocycles. The van der Waals surface area contributed by atoms with Gasteiger partial charge < -0.3 is 4.90 Å². The maximum atomic E-state index is 12.9. The minimum atomic E-state index is -0.319. The molecule has 1 aromatic carbocycles. The summed E-state index contributed by atoms with van der Waals surface area (Å²) in [6, 6.07) is 5.74. The molecule has 0 radical (unpaired) electrons. The van der Waals surface area contributed by atoms with E-state index in [2.05, 4.69) is 15.3 Å². The summed E-state index contributed by atoms with van der Waals surface area (Å²) in [7, 11) is 0. The number of rotatable bonds is 3. The highest BCUT2D eigenvalue weighted by Crippen LogP contribution is 2.14. The zero-order valence-electron chi connectivity index (χ0n) is 12.9. The highest BCUT2D eigenvalue weighted by Gasteiger charge is 2.22. The zero-order valence-corrected chi connectivity index (χ0v) is 14.5. The van der Waals surface area contributed by atoms with Crippen molar-refractivity contribution in [2.24, 2.45) is 0 Å². The topological polar surface area (TPSA) is 36.4 Å². The summed E-state index contributed by atoms with van der Waals surface area (Å²) in [5.74, 6) is -0.343. The predicted molar refractivity (Wildman–Crippen MR) is 91.7 cm³/mol. The molecule has 4 nitrogen and oxygen atoms in total. The summed E-state index contributed by atoms with van der Waals surface area (Å²) in [6.07, 6.45) is 0. The van der Waals surface area contributed by atoms with Gasteiger partial charge >= 0.3 is 0 Å². The number of nitrogens with zero attached hydrogens (tertiary/aromatic N) is 3. The van der Waals surface area contributed by atoms with Crippen molar-refractivity contribution in [1.82, 2.24) is 14.8 Å². The Morgan fingerprint density at radius 2 is 1.87 bits per heavy atom. The minimum Gasteiger partial charge on any atom is -0.336 e. The van der Waals surface area contributed by atoms with Crippen LogP contribution in [0.15, 0.2) is 29.6 Å². The molecule has 2 heterocycles. The van der Waals surface area contributed by atoms with Crippen LogP contribution in [0.25, 0.3) is 0 Å². The molecule has 0 spiro atoms. The summed E-state index contributed by atoms with van der Waals surface area (Å²) in [6.45, 7) is 5.91. The van der Waals surface area contributed by atoms with Crippen LogP contribution in [0.4, 0.5) is 4.39 Å². The zero-order chi connectivity index (χ0) is 15.5. The van der Waals surface area contributed by atoms with E-state index in [1.165, 1.54) is 12.1 Å². The second-order valence-corrected chi connectivity index (χ2v) is 6.40. The Kier molecular flexibility index (Phi) is 6.10. The lowest BCUT2D eigenvalue weighted by Crippen LogP contribution is -2.48. The number of amides is 1. The Bertz CT molecular complexity index is 654. The van der Waals surface area contributed by atoms with Crippen LogP contribution < -0.4 is 0 Å². The number of carbonyl (C=O) groups is 1. The van der Waals surface area contributed by atoms with Crippen molar-refractivity contribution in [3.05, 3.63) is 51.7 Å². The molecule has 1 aliphatic heterocycles. The van der Waals surface area contributed by atoms with Crippen molar-refractivity contribution in [2.45, 2.75) is 13.5 Å². The molecule has 0 N–H and O–H groups in total. The van der Waals surface area contributed by atoms with Gasteiger partial charge in [0.15, 0.2) is 0 Å². The van der Waals surface area contributed by atoms with Crippen LogP contribution in [0.3, 0.4) is 0 Å². The predicted octanol–water partition coefficient (Wildman–Crippen LogP) is 2.97. The lowest BCUT2D eigenvalue weighted by atomic mass is 10.2. The highest BCUT2D eigenvalue weighted by molar-refractivity contribution is 7.09. The number of halogens is 2. The van der Waals surface area contributed by atoms with E-state index in [0.717, 1.165) is 30.3 Å². The molecular weight excluding hydrogens is 337 g/mol. The van der Waals surface area contributed by atoms with Crippen molar-refractivity contribution in [3.63, 3.8) is 0 Å². The van der Waals surface area contributed by atoms with E-state index in [0.29, 0.717) is 18.7 Å². The van der Waals surface area contributed by atoms with Crippen LogP contribution in [0, 0.1) is 12.7 Å². The van der Waals surface area contributed by atoms with Crippen LogP contribution in [-0.2, 0) is 6.54 Å². The van der Waals surface area contributed by atoms with Gasteiger partial charge in [-0.1, -0.05) is 0 Å². The molecule has 1 fully saturated rings. The van der Waals surface area contributed by atoms with E-state index < -0.39 is 0 Å². The van der Waals surface area contributed by atoms with Gasteiger partial charge in [0.05, 0.1) is 6.54 Å². The molecule has 0 atom stereocenters. The normalized spacial score (nSPS) is 15.3. The molecule has 3 rings (SSSR count). The standard InChI is InChI=1S/C16H18FN3OS.ClH/c1-12-11-22-15(18-12)10-19-6-8-20(9-7-19)16(21)13-2-4-14(17)5-3-13;/h2-5,11H,6-10H2,1H3;1H. The van der Waals surface area contributed by atoms with Gasteiger partial charge in [-0.3, -0.25) is 9.69 Å². The van der Waals surface area contributed by atoms with Crippen LogP contribution in [-0.4, -0.2) is 46.9 Å². The maximum Gasteiger partial charge on any atom is 0.253 e. The summed E-state index contributed by atoms with van der Waals surface area (Å²) in [5.41, 5.74) is 1.61. The SMILES string of the molecule is Cc1csc(CN2CCN(C(=O)c3ccc(F)cc3)CC2)n1.Cl. The monoisotopic (exact) mass is 355 g/mol. The summed E-state index contributed by atoms with van der Waals surface area (Å²) < 4.78 is 12.9. The smallest absolute Gasteiger partial charge is 0.253 e. The number of aryl methyl sites for hydroxylation is 1. The third kappa shape index (κ3) is 4.50. The fourth-order valence-electron chi connectivity index (χ4n) is 2.55. The summed E-state index contributed by atoms with van der Waals surface area (Å²) in [4.78, 5) is 21.0. The first kappa shape index (κ1) is 17.8. The molecule has 0 saturated carbocycles. The van der Waals surface area contributed by atoms with Crippen LogP contribution >= 0.6 is 23.7 Å². The van der Waals surface area contributed by atoms with E-state index in [1.807, 2.05) is 11.8 Å². The van der Waals surface area contributed by atoms with Crippen LogP contribution in [0.2, 0.25) is 0 Å². The second-order valence-electron chi connectivity index (χ2n) is 5.46. The fourth-order valence-corrected chi connectivity index (χ4v) is 3.36. The average molecular weight is 356 g/mol. The molecule has 7 heteroatoms. The average Bonchev–Trinajstić information content (AvgIpc) is 2.93. The van der Waals surface area contributed by atoms with E-state index in [4.69, 9.17) is 0 Å². The number of piperazine rings is 1. The van der Waals surface area contributed by atoms with Crippen molar-refractivity contribution in [2.75, 3.05) is 26.2 Å². The van der Waals surface area contributed by atoms with Gasteiger partial charge in [-0.15, -0.1) is 23.7 Å². The third-order valence-electron chi connectivity index (χ3n) is 3.78. The molecule has 1 saturated heterocycles. The molecule has 1 aliphatic rings. The Balaban J connectivity index is 0.00000192. The number of benzene rings is 1. The quantitative estimate of drug-likeness (QED) is 0.849. The number of carbonyl (C=O) groups excluding carboxylic acids is 1. The number of hydrogen-bond acceptors (Lipinski definition) is 4. The molecule has 2 aromatic rings. The first-order valence-electron chi connectivity index (χ1n) is 7.30. The molecule has 124 valence electrons. The van der Waals surface area contributed by atoms with E-state index in [1.54, 1.807) is 23.5 Å². The molecule has 0 unspecified atom stereocenters. The van der Waals surface area contributed by atoms with Gasteiger partial charge in [0, 0.05) is 42.8 Å². The van der Waals surface area contributed by atoms with E-state index in [-0.39, 0.29) is 24.1 Å². The van der Waals surface area contributed by atoms with Gasteiger partial charge in [0.1, 0.15) is 10.8 Å². The van der Waals surface area contributed by atoms with Gasteiger partial charge in [-0.2, -0.15) is 0 Å². The van der Waals surface area contributed by atoms with Gasteiger partial charge in [-0.25, -0.2) is 9.37 Å². The fraction of sp³-hybridized carbons (Fsp3) is 0.375. The van der Waals surface area contributed by atoms with Crippen LogP contribution in [0.1, 0.15) is 21.1 Å². The number of aromatic nitrogens is 1. The van der Waals surface area contributed by atoms with Crippen molar-refractivity contribution in [3.8, 4) is 0 Å². The first-order chi connectivity index (χ1) is 10.6. The lowest BCUT2D eigenvalue weighted by molar-refractivity contribution is 0.0628. The highest BCUT2D eigenvalue weighted by atomic mass is 35.5. The van der Waals surface area contributed by atoms with Crippen molar-refractivity contribution >= 4 is 29.7 Å². The van der Waals surface area contributed by atoms with E-state index >= 15 is 0 Å². The number of hydrogen-bond donors (Lipinski definition) is 0. The van der Waals surface area contributed by atoms with Crippen molar-refractivity contribution < 1.29 is 9.18 Å². The molecule has 23 heavy (non-hydrogen) atoms. The second kappa shape index (κ2) is 7.86. The van der Waals surface area contributed by atoms with E-state index in [9.17, 15) is 9.18 Å². The minimum absolute atomic E-state index is 0. The largest absolute Gasteiger partial charge is 0.336 e. The lowest BCUT2D eigenvalue weighted by Gasteiger charge is -2.34. The van der Waals surface area contributed by atoms with Crippen molar-refractivity contribution in [1.29, 1.82) is 0 Å².